The fourth-order valence-corrected chi connectivity index (χ4v) is 3.44. The average molecular weight is 478 g/mol. The predicted octanol–water partition coefficient (Wildman–Crippen LogP) is 2.04. The maximum atomic E-state index is 13.1. The number of anilines is 2. The molecule has 4 rings (SSSR count). The molecular weight excluding hydrogens is 450 g/mol. The number of amides is 1. The first-order valence-corrected chi connectivity index (χ1v) is 10.8. The van der Waals surface area contributed by atoms with Crippen molar-refractivity contribution in [3.05, 3.63) is 59.2 Å². The molecule has 0 fully saturated rings. The van der Waals surface area contributed by atoms with Gasteiger partial charge in [-0.3, -0.25) is 9.48 Å². The molecule has 0 aliphatic carbocycles. The van der Waals surface area contributed by atoms with Gasteiger partial charge in [0.25, 0.3) is 5.91 Å². The first-order valence-electron chi connectivity index (χ1n) is 10.8. The molecule has 4 aromatic rings. The Morgan fingerprint density at radius 1 is 1.09 bits per heavy atom. The Labute approximate surface area is 201 Å². The third-order valence-electron chi connectivity index (χ3n) is 5.01. The van der Waals surface area contributed by atoms with Crippen LogP contribution in [0.15, 0.2) is 47.8 Å². The average Bonchev–Trinajstić information content (AvgIpc) is 3.37. The Morgan fingerprint density at radius 2 is 1.86 bits per heavy atom. The van der Waals surface area contributed by atoms with Crippen molar-refractivity contribution in [2.24, 2.45) is 14.1 Å². The Balaban J connectivity index is 1.83. The number of rotatable bonds is 6. The summed E-state index contributed by atoms with van der Waals surface area (Å²) in [6.07, 6.45) is 4.79. The lowest BCUT2D eigenvalue weighted by Crippen LogP contribution is -2.41. The van der Waals surface area contributed by atoms with Crippen LogP contribution in [0.2, 0.25) is 0 Å². The van der Waals surface area contributed by atoms with Crippen LogP contribution in [0.3, 0.4) is 0 Å². The molecule has 12 heteroatoms. The predicted molar refractivity (Wildman–Crippen MR) is 130 cm³/mol. The van der Waals surface area contributed by atoms with Crippen LogP contribution in [0.5, 0.6) is 5.75 Å². The number of nitrogens with zero attached hydrogens (tertiary/aromatic N) is 7. The summed E-state index contributed by atoms with van der Waals surface area (Å²) in [5.41, 5.74) is 0.848. The van der Waals surface area contributed by atoms with E-state index in [1.54, 1.807) is 56.7 Å². The summed E-state index contributed by atoms with van der Waals surface area (Å²) in [6.45, 7) is 5.61. The van der Waals surface area contributed by atoms with Gasteiger partial charge in [0.2, 0.25) is 0 Å². The maximum Gasteiger partial charge on any atom is 0.333 e. The summed E-state index contributed by atoms with van der Waals surface area (Å²) in [7, 11) is 4.96. The zero-order valence-electron chi connectivity index (χ0n) is 20.4. The second-order valence-electron chi connectivity index (χ2n) is 8.98. The van der Waals surface area contributed by atoms with Crippen LogP contribution in [0.1, 0.15) is 31.3 Å². The quantitative estimate of drug-likeness (QED) is 0.431. The van der Waals surface area contributed by atoms with Gasteiger partial charge in [-0.05, 0) is 32.9 Å². The lowest BCUT2D eigenvalue weighted by atomic mass is 10.1. The van der Waals surface area contributed by atoms with Crippen molar-refractivity contribution in [1.82, 2.24) is 39.4 Å². The molecule has 12 nitrogen and oxygen atoms in total. The van der Waals surface area contributed by atoms with Crippen LogP contribution in [0.4, 0.5) is 11.4 Å². The van der Waals surface area contributed by atoms with E-state index in [0.29, 0.717) is 28.5 Å². The molecule has 1 aromatic carbocycles. The number of para-hydroxylation sites is 1. The van der Waals surface area contributed by atoms with Gasteiger partial charge in [0.05, 0.1) is 24.0 Å². The number of benzene rings is 1. The normalized spacial score (nSPS) is 11.4. The summed E-state index contributed by atoms with van der Waals surface area (Å²) >= 11 is 0. The van der Waals surface area contributed by atoms with Gasteiger partial charge >= 0.3 is 5.69 Å². The van der Waals surface area contributed by atoms with Crippen molar-refractivity contribution < 1.29 is 9.53 Å². The molecule has 0 spiro atoms. The number of aromatic nitrogens is 7. The summed E-state index contributed by atoms with van der Waals surface area (Å²) in [4.78, 5) is 29.8. The Kier molecular flexibility index (Phi) is 6.12. The van der Waals surface area contributed by atoms with Crippen LogP contribution in [-0.4, -0.2) is 52.7 Å². The SMILES string of the molecule is COc1c(Nc2cc(-n3ccn(C)c3=O)nnc2C(=O)NC(C)(C)C)cccc1-c1ncn(C)n1. The molecule has 182 valence electrons. The minimum Gasteiger partial charge on any atom is -0.494 e. The van der Waals surface area contributed by atoms with Crippen molar-refractivity contribution in [2.75, 3.05) is 12.4 Å². The second kappa shape index (κ2) is 9.05. The molecule has 0 unspecified atom stereocenters. The first-order chi connectivity index (χ1) is 16.6. The van der Waals surface area contributed by atoms with Gasteiger partial charge in [0.15, 0.2) is 23.1 Å². The molecular formula is C23H27N9O3. The van der Waals surface area contributed by atoms with Crippen LogP contribution < -0.4 is 21.1 Å². The molecule has 0 aliphatic heterocycles. The molecule has 0 atom stereocenters. The van der Waals surface area contributed by atoms with Gasteiger partial charge in [-0.2, -0.15) is 5.10 Å². The Hall–Kier alpha value is -4.48. The van der Waals surface area contributed by atoms with Crippen molar-refractivity contribution >= 4 is 17.3 Å². The fourth-order valence-electron chi connectivity index (χ4n) is 3.44. The minimum atomic E-state index is -0.493. The van der Waals surface area contributed by atoms with Crippen molar-refractivity contribution in [3.8, 4) is 23.0 Å². The van der Waals surface area contributed by atoms with Crippen molar-refractivity contribution in [3.63, 3.8) is 0 Å². The van der Waals surface area contributed by atoms with E-state index in [1.165, 1.54) is 9.13 Å². The molecule has 35 heavy (non-hydrogen) atoms. The third kappa shape index (κ3) is 4.90. The van der Waals surface area contributed by atoms with Gasteiger partial charge in [0, 0.05) is 38.1 Å². The van der Waals surface area contributed by atoms with Crippen molar-refractivity contribution in [2.45, 2.75) is 26.3 Å². The fraction of sp³-hybridized carbons (Fsp3) is 0.304. The van der Waals surface area contributed by atoms with Crippen LogP contribution in [0, 0.1) is 0 Å². The van der Waals surface area contributed by atoms with E-state index in [1.807, 2.05) is 32.9 Å². The summed E-state index contributed by atoms with van der Waals surface area (Å²) < 4.78 is 10.0. The van der Waals surface area contributed by atoms with Crippen LogP contribution in [-0.2, 0) is 14.1 Å². The highest BCUT2D eigenvalue weighted by atomic mass is 16.5. The largest absolute Gasteiger partial charge is 0.494 e. The van der Waals surface area contributed by atoms with Crippen LogP contribution >= 0.6 is 0 Å². The number of nitrogens with one attached hydrogen (secondary N) is 2. The van der Waals surface area contributed by atoms with E-state index in [9.17, 15) is 9.59 Å². The molecule has 1 amide bonds. The summed E-state index contributed by atoms with van der Waals surface area (Å²) in [5.74, 6) is 0.812. The number of aryl methyl sites for hydroxylation is 2. The summed E-state index contributed by atoms with van der Waals surface area (Å²) in [6, 6.07) is 7.05. The van der Waals surface area contributed by atoms with Gasteiger partial charge in [0.1, 0.15) is 6.33 Å². The molecule has 0 radical (unpaired) electrons. The molecule has 0 bridgehead atoms. The molecule has 3 heterocycles. The van der Waals surface area contributed by atoms with Crippen LogP contribution in [0.25, 0.3) is 17.2 Å². The monoisotopic (exact) mass is 477 g/mol. The van der Waals surface area contributed by atoms with E-state index in [-0.39, 0.29) is 17.2 Å². The first kappa shape index (κ1) is 23.7. The van der Waals surface area contributed by atoms with Crippen molar-refractivity contribution in [1.29, 1.82) is 0 Å². The highest BCUT2D eigenvalue weighted by Gasteiger charge is 2.23. The molecule has 3 aromatic heterocycles. The number of methoxy groups -OCH3 is 1. The zero-order chi connectivity index (χ0) is 25.3. The highest BCUT2D eigenvalue weighted by Crippen LogP contribution is 2.37. The number of ether oxygens (including phenoxy) is 1. The topological polar surface area (TPSA) is 134 Å². The number of hydrogen-bond acceptors (Lipinski definition) is 8. The number of carbonyl (C=O) groups excluding carboxylic acids is 1. The lowest BCUT2D eigenvalue weighted by Gasteiger charge is -2.21. The minimum absolute atomic E-state index is 0.0658. The van der Waals surface area contributed by atoms with E-state index in [0.717, 1.165) is 0 Å². The second-order valence-corrected chi connectivity index (χ2v) is 8.98. The molecule has 2 N–H and O–H groups in total. The van der Waals surface area contributed by atoms with E-state index in [2.05, 4.69) is 30.9 Å². The van der Waals surface area contributed by atoms with E-state index >= 15 is 0 Å². The standard InChI is InChI=1S/C23H27N9O3/c1-23(2,3)26-21(33)18-16(12-17(27-28-18)32-11-10-30(4)22(32)34)25-15-9-7-8-14(19(15)35-6)20-24-13-31(5)29-20/h7-13H,1-6H3,(H,25,27)(H,26,33). The Morgan fingerprint density at radius 3 is 2.46 bits per heavy atom. The Bertz CT molecular complexity index is 1440. The molecule has 0 saturated heterocycles. The van der Waals surface area contributed by atoms with Gasteiger partial charge in [-0.1, -0.05) is 6.07 Å². The lowest BCUT2D eigenvalue weighted by molar-refractivity contribution is 0.0914. The molecule has 0 saturated carbocycles. The highest BCUT2D eigenvalue weighted by molar-refractivity contribution is 5.99. The summed E-state index contributed by atoms with van der Waals surface area (Å²) in [5, 5.41) is 18.8. The van der Waals surface area contributed by atoms with Gasteiger partial charge in [-0.15, -0.1) is 10.2 Å². The van der Waals surface area contributed by atoms with Gasteiger partial charge < -0.3 is 19.9 Å². The van der Waals surface area contributed by atoms with E-state index < -0.39 is 11.4 Å². The maximum absolute atomic E-state index is 13.1. The number of carbonyl (C=O) groups is 1. The smallest absolute Gasteiger partial charge is 0.333 e. The third-order valence-corrected chi connectivity index (χ3v) is 5.01. The number of imidazole rings is 1. The number of hydrogen-bond donors (Lipinski definition) is 2. The van der Waals surface area contributed by atoms with E-state index in [4.69, 9.17) is 4.74 Å². The van der Waals surface area contributed by atoms with Gasteiger partial charge in [-0.25, -0.2) is 14.3 Å². The molecule has 0 aliphatic rings. The zero-order valence-corrected chi connectivity index (χ0v) is 20.4.